The van der Waals surface area contributed by atoms with Crippen molar-refractivity contribution in [3.63, 3.8) is 0 Å². The molecule has 1 unspecified atom stereocenters. The van der Waals surface area contributed by atoms with Crippen molar-refractivity contribution >= 4 is 10.8 Å². The zero-order valence-electron chi connectivity index (χ0n) is 12.4. The third-order valence-electron chi connectivity index (χ3n) is 2.96. The van der Waals surface area contributed by atoms with Crippen LogP contribution in [0.15, 0.2) is 52.5 Å². The minimum atomic E-state index is -0.918. The second-order valence-electron chi connectivity index (χ2n) is 5.20. The third kappa shape index (κ3) is 6.53. The number of allylic oxidation sites excluding steroid dienone is 3. The van der Waals surface area contributed by atoms with E-state index in [4.69, 9.17) is 0 Å². The molecule has 1 nitrogen and oxygen atoms in total. The Labute approximate surface area is 119 Å². The first-order valence-electron chi connectivity index (χ1n) is 6.73. The second-order valence-corrected chi connectivity index (χ2v) is 6.69. The van der Waals surface area contributed by atoms with Gasteiger partial charge in [-0.1, -0.05) is 41.0 Å². The van der Waals surface area contributed by atoms with Crippen LogP contribution >= 0.6 is 0 Å². The van der Waals surface area contributed by atoms with Crippen molar-refractivity contribution in [1.82, 2.24) is 0 Å². The van der Waals surface area contributed by atoms with E-state index in [1.54, 1.807) is 0 Å². The van der Waals surface area contributed by atoms with Crippen molar-refractivity contribution in [3.05, 3.63) is 53.1 Å². The molecule has 1 aromatic rings. The molecule has 0 fully saturated rings. The van der Waals surface area contributed by atoms with Crippen LogP contribution in [-0.4, -0.2) is 9.96 Å². The average molecular weight is 276 g/mol. The summed E-state index contributed by atoms with van der Waals surface area (Å²) in [5, 5.41) is 0. The lowest BCUT2D eigenvalue weighted by Gasteiger charge is -2.02. The van der Waals surface area contributed by atoms with Gasteiger partial charge in [0.15, 0.2) is 0 Å². The molecule has 1 atom stereocenters. The maximum absolute atomic E-state index is 12.1. The van der Waals surface area contributed by atoms with Gasteiger partial charge >= 0.3 is 0 Å². The maximum Gasteiger partial charge on any atom is 0.0568 e. The molecule has 0 amide bonds. The first-order valence-corrected chi connectivity index (χ1v) is 8.05. The van der Waals surface area contributed by atoms with E-state index in [2.05, 4.69) is 32.9 Å². The standard InChI is InChI=1S/C17H24OS/c1-14(2)6-5-7-15(3)12-13-19(18)17-10-8-16(4)9-11-17/h6,8-12H,5,7,13H2,1-4H3/b15-12+. The topological polar surface area (TPSA) is 17.1 Å². The number of rotatable bonds is 6. The number of benzene rings is 1. The molecule has 0 N–H and O–H groups in total. The lowest BCUT2D eigenvalue weighted by atomic mass is 10.1. The van der Waals surface area contributed by atoms with Gasteiger partial charge in [0.25, 0.3) is 0 Å². The summed E-state index contributed by atoms with van der Waals surface area (Å²) in [6.07, 6.45) is 6.47. The molecule has 0 radical (unpaired) electrons. The predicted molar refractivity (Wildman–Crippen MR) is 84.9 cm³/mol. The van der Waals surface area contributed by atoms with E-state index in [1.165, 1.54) is 16.7 Å². The van der Waals surface area contributed by atoms with Crippen LogP contribution in [0.5, 0.6) is 0 Å². The van der Waals surface area contributed by atoms with Crippen LogP contribution < -0.4 is 0 Å². The normalized spacial score (nSPS) is 13.2. The van der Waals surface area contributed by atoms with Crippen LogP contribution in [0.2, 0.25) is 0 Å². The molecule has 0 spiro atoms. The Bertz CT molecular complexity index is 476. The first kappa shape index (κ1) is 15.9. The van der Waals surface area contributed by atoms with Crippen molar-refractivity contribution in [1.29, 1.82) is 0 Å². The Balaban J connectivity index is 2.48. The maximum atomic E-state index is 12.1. The van der Waals surface area contributed by atoms with Gasteiger partial charge in [0.1, 0.15) is 0 Å². The van der Waals surface area contributed by atoms with Crippen LogP contribution in [0.3, 0.4) is 0 Å². The quantitative estimate of drug-likeness (QED) is 0.682. The highest BCUT2D eigenvalue weighted by atomic mass is 32.2. The molecular formula is C17H24OS. The van der Waals surface area contributed by atoms with Crippen LogP contribution in [-0.2, 0) is 10.8 Å². The number of hydrogen-bond acceptors (Lipinski definition) is 1. The SMILES string of the molecule is CC(C)=CCC/C(C)=C/CS(=O)c1ccc(C)cc1. The van der Waals surface area contributed by atoms with E-state index in [0.717, 1.165) is 17.7 Å². The second kappa shape index (κ2) is 8.11. The van der Waals surface area contributed by atoms with Gasteiger partial charge < -0.3 is 0 Å². The van der Waals surface area contributed by atoms with Crippen LogP contribution in [0.25, 0.3) is 0 Å². The minimum Gasteiger partial charge on any atom is -0.254 e. The summed E-state index contributed by atoms with van der Waals surface area (Å²) in [6, 6.07) is 7.94. The molecule has 19 heavy (non-hydrogen) atoms. The molecule has 2 heteroatoms. The van der Waals surface area contributed by atoms with Gasteiger partial charge in [0.05, 0.1) is 10.8 Å². The lowest BCUT2D eigenvalue weighted by molar-refractivity contribution is 0.685. The Morgan fingerprint density at radius 1 is 1.11 bits per heavy atom. The molecule has 104 valence electrons. The van der Waals surface area contributed by atoms with E-state index in [9.17, 15) is 4.21 Å². The molecule has 0 saturated carbocycles. The van der Waals surface area contributed by atoms with Gasteiger partial charge in [-0.3, -0.25) is 4.21 Å². The molecule has 0 saturated heterocycles. The van der Waals surface area contributed by atoms with Crippen molar-refractivity contribution in [2.75, 3.05) is 5.75 Å². The number of aryl methyl sites for hydroxylation is 1. The summed E-state index contributed by atoms with van der Waals surface area (Å²) >= 11 is 0. The lowest BCUT2D eigenvalue weighted by Crippen LogP contribution is -1.96. The molecule has 0 aliphatic rings. The average Bonchev–Trinajstić information content (AvgIpc) is 2.36. The summed E-state index contributed by atoms with van der Waals surface area (Å²) in [7, 11) is -0.918. The van der Waals surface area contributed by atoms with E-state index < -0.39 is 10.8 Å². The molecule has 1 rings (SSSR count). The molecule has 0 bridgehead atoms. The van der Waals surface area contributed by atoms with Gasteiger partial charge in [-0.05, 0) is 52.7 Å². The Hall–Kier alpha value is -1.15. The van der Waals surface area contributed by atoms with Gasteiger partial charge in [-0.15, -0.1) is 0 Å². The van der Waals surface area contributed by atoms with Gasteiger partial charge in [0, 0.05) is 10.6 Å². The molecule has 1 aromatic carbocycles. The highest BCUT2D eigenvalue weighted by Crippen LogP contribution is 2.11. The monoisotopic (exact) mass is 276 g/mol. The predicted octanol–water partition coefficient (Wildman–Crippen LogP) is 4.80. The van der Waals surface area contributed by atoms with Gasteiger partial charge in [0.2, 0.25) is 0 Å². The molecular weight excluding hydrogens is 252 g/mol. The van der Waals surface area contributed by atoms with Crippen molar-refractivity contribution in [2.24, 2.45) is 0 Å². The van der Waals surface area contributed by atoms with Gasteiger partial charge in [-0.25, -0.2) is 0 Å². The molecule has 0 aliphatic heterocycles. The first-order chi connectivity index (χ1) is 8.99. The summed E-state index contributed by atoms with van der Waals surface area (Å²) in [6.45, 7) is 8.39. The van der Waals surface area contributed by atoms with E-state index in [0.29, 0.717) is 5.75 Å². The zero-order valence-corrected chi connectivity index (χ0v) is 13.2. The fraction of sp³-hybridized carbons (Fsp3) is 0.412. The summed E-state index contributed by atoms with van der Waals surface area (Å²) in [5.74, 6) is 0.615. The van der Waals surface area contributed by atoms with Crippen LogP contribution in [0, 0.1) is 6.92 Å². The summed E-state index contributed by atoms with van der Waals surface area (Å²) < 4.78 is 12.1. The molecule has 0 heterocycles. The van der Waals surface area contributed by atoms with E-state index >= 15 is 0 Å². The van der Waals surface area contributed by atoms with Crippen molar-refractivity contribution in [2.45, 2.75) is 45.4 Å². The van der Waals surface area contributed by atoms with E-state index in [-0.39, 0.29) is 0 Å². The van der Waals surface area contributed by atoms with Gasteiger partial charge in [-0.2, -0.15) is 0 Å². The Morgan fingerprint density at radius 2 is 1.74 bits per heavy atom. The third-order valence-corrected chi connectivity index (χ3v) is 4.23. The Morgan fingerprint density at radius 3 is 2.32 bits per heavy atom. The summed E-state index contributed by atoms with van der Waals surface area (Å²) in [5.41, 5.74) is 3.88. The number of hydrogen-bond donors (Lipinski definition) is 0. The fourth-order valence-corrected chi connectivity index (χ4v) is 2.76. The minimum absolute atomic E-state index is 0.615. The van der Waals surface area contributed by atoms with Crippen LogP contribution in [0.1, 0.15) is 39.2 Å². The highest BCUT2D eigenvalue weighted by molar-refractivity contribution is 7.85. The van der Waals surface area contributed by atoms with Crippen molar-refractivity contribution < 1.29 is 4.21 Å². The highest BCUT2D eigenvalue weighted by Gasteiger charge is 2.01. The zero-order chi connectivity index (χ0) is 14.3. The van der Waals surface area contributed by atoms with Crippen molar-refractivity contribution in [3.8, 4) is 0 Å². The molecule has 0 aromatic heterocycles. The largest absolute Gasteiger partial charge is 0.254 e. The van der Waals surface area contributed by atoms with E-state index in [1.807, 2.05) is 31.2 Å². The Kier molecular flexibility index (Phi) is 6.79. The smallest absolute Gasteiger partial charge is 0.0568 e. The summed E-state index contributed by atoms with van der Waals surface area (Å²) in [4.78, 5) is 0.916. The van der Waals surface area contributed by atoms with Crippen LogP contribution in [0.4, 0.5) is 0 Å². The fourth-order valence-electron chi connectivity index (χ4n) is 1.69. The molecule has 0 aliphatic carbocycles.